The smallest absolute Gasteiger partial charge is 0.176 e. The third kappa shape index (κ3) is 4.88. The average Bonchev–Trinajstić information content (AvgIpc) is 2.61. The number of para-hydroxylation sites is 1. The van der Waals surface area contributed by atoms with Crippen molar-refractivity contribution in [3.8, 4) is 17.2 Å². The van der Waals surface area contributed by atoms with E-state index in [2.05, 4.69) is 5.32 Å². The maximum absolute atomic E-state index is 12.3. The molecule has 0 heterocycles. The number of hydrogen-bond donors (Lipinski definition) is 1. The number of Topliss-reactive ketones (excluding diaryl/α,β-unsaturated/α-hetero) is 1. The molecule has 0 aliphatic heterocycles. The molecule has 0 atom stereocenters. The Bertz CT molecular complexity index is 676. The largest absolute Gasteiger partial charge is 0.496 e. The predicted molar refractivity (Wildman–Crippen MR) is 95.8 cm³/mol. The van der Waals surface area contributed by atoms with Crippen LogP contribution in [0.15, 0.2) is 42.5 Å². The highest BCUT2D eigenvalue weighted by Crippen LogP contribution is 2.27. The maximum atomic E-state index is 12.3. The van der Waals surface area contributed by atoms with Crippen molar-refractivity contribution >= 4 is 18.2 Å². The van der Waals surface area contributed by atoms with Gasteiger partial charge < -0.3 is 19.5 Å². The second kappa shape index (κ2) is 9.80. The molecule has 0 aromatic heterocycles. The predicted octanol–water partition coefficient (Wildman–Crippen LogP) is 3.11. The normalized spacial score (nSPS) is 9.79. The molecule has 0 aliphatic carbocycles. The van der Waals surface area contributed by atoms with Crippen molar-refractivity contribution in [1.82, 2.24) is 5.32 Å². The summed E-state index contributed by atoms with van der Waals surface area (Å²) in [5.74, 6) is 1.94. The van der Waals surface area contributed by atoms with Crippen LogP contribution in [-0.4, -0.2) is 33.7 Å². The standard InChI is InChI=1S/C18H21NO4.ClH/c1-21-16-7-5-4-6-14(16)11-19-12-15(20)13-8-9-17(22-2)18(10-13)23-3;/h4-10,19H,11-12H2,1-3H3;1H. The van der Waals surface area contributed by atoms with E-state index in [4.69, 9.17) is 14.2 Å². The van der Waals surface area contributed by atoms with Gasteiger partial charge >= 0.3 is 0 Å². The number of hydrogen-bond acceptors (Lipinski definition) is 5. The van der Waals surface area contributed by atoms with Crippen molar-refractivity contribution in [2.75, 3.05) is 27.9 Å². The molecule has 0 saturated carbocycles. The lowest BCUT2D eigenvalue weighted by Gasteiger charge is -2.11. The Labute approximate surface area is 148 Å². The summed E-state index contributed by atoms with van der Waals surface area (Å²) in [6, 6.07) is 12.9. The molecule has 2 rings (SSSR count). The number of nitrogens with one attached hydrogen (secondary N) is 1. The van der Waals surface area contributed by atoms with Crippen molar-refractivity contribution in [3.63, 3.8) is 0 Å². The first-order valence-electron chi connectivity index (χ1n) is 7.27. The van der Waals surface area contributed by atoms with Gasteiger partial charge in [0.15, 0.2) is 17.3 Å². The van der Waals surface area contributed by atoms with Crippen LogP contribution in [0.3, 0.4) is 0 Å². The zero-order valence-electron chi connectivity index (χ0n) is 14.0. The highest BCUT2D eigenvalue weighted by atomic mass is 35.5. The zero-order valence-corrected chi connectivity index (χ0v) is 14.8. The third-order valence-corrected chi connectivity index (χ3v) is 3.50. The minimum Gasteiger partial charge on any atom is -0.496 e. The number of halogens is 1. The lowest BCUT2D eigenvalue weighted by Crippen LogP contribution is -2.22. The van der Waals surface area contributed by atoms with Crippen molar-refractivity contribution in [2.45, 2.75) is 6.54 Å². The van der Waals surface area contributed by atoms with E-state index in [1.807, 2.05) is 24.3 Å². The van der Waals surface area contributed by atoms with E-state index in [0.717, 1.165) is 11.3 Å². The maximum Gasteiger partial charge on any atom is 0.176 e. The van der Waals surface area contributed by atoms with E-state index in [0.29, 0.717) is 23.6 Å². The quantitative estimate of drug-likeness (QED) is 0.740. The summed E-state index contributed by atoms with van der Waals surface area (Å²) in [6.07, 6.45) is 0. The average molecular weight is 352 g/mol. The first-order valence-corrected chi connectivity index (χ1v) is 7.27. The van der Waals surface area contributed by atoms with Gasteiger partial charge in [-0.25, -0.2) is 0 Å². The molecule has 0 fully saturated rings. The van der Waals surface area contributed by atoms with Crippen molar-refractivity contribution in [2.24, 2.45) is 0 Å². The third-order valence-electron chi connectivity index (χ3n) is 3.50. The van der Waals surface area contributed by atoms with Crippen LogP contribution in [-0.2, 0) is 6.54 Å². The van der Waals surface area contributed by atoms with Gasteiger partial charge in [0.1, 0.15) is 5.75 Å². The lowest BCUT2D eigenvalue weighted by atomic mass is 10.1. The minimum absolute atomic E-state index is 0. The van der Waals surface area contributed by atoms with Gasteiger partial charge in [0.25, 0.3) is 0 Å². The van der Waals surface area contributed by atoms with E-state index in [1.165, 1.54) is 0 Å². The van der Waals surface area contributed by atoms with E-state index < -0.39 is 0 Å². The fourth-order valence-corrected chi connectivity index (χ4v) is 2.27. The van der Waals surface area contributed by atoms with Crippen LogP contribution in [0.2, 0.25) is 0 Å². The van der Waals surface area contributed by atoms with Gasteiger partial charge in [0.2, 0.25) is 0 Å². The number of ketones is 1. The minimum atomic E-state index is -0.0131. The number of ether oxygens (including phenoxy) is 3. The summed E-state index contributed by atoms with van der Waals surface area (Å²) in [5, 5.41) is 3.14. The molecule has 1 N–H and O–H groups in total. The summed E-state index contributed by atoms with van der Waals surface area (Å²) < 4.78 is 15.7. The Morgan fingerprint density at radius 3 is 2.25 bits per heavy atom. The van der Waals surface area contributed by atoms with Crippen LogP contribution in [0.25, 0.3) is 0 Å². The molecule has 0 unspecified atom stereocenters. The number of benzene rings is 2. The molecular formula is C18H22ClNO4. The number of methoxy groups -OCH3 is 3. The fourth-order valence-electron chi connectivity index (χ4n) is 2.27. The zero-order chi connectivity index (χ0) is 16.7. The molecule has 0 aliphatic rings. The van der Waals surface area contributed by atoms with E-state index in [1.54, 1.807) is 39.5 Å². The summed E-state index contributed by atoms with van der Waals surface area (Å²) in [5.41, 5.74) is 1.59. The van der Waals surface area contributed by atoms with Crippen LogP contribution in [0.4, 0.5) is 0 Å². The van der Waals surface area contributed by atoms with Gasteiger partial charge in [-0.3, -0.25) is 4.79 Å². The van der Waals surface area contributed by atoms with Crippen molar-refractivity contribution < 1.29 is 19.0 Å². The molecule has 0 amide bonds. The number of carbonyl (C=O) groups is 1. The van der Waals surface area contributed by atoms with Gasteiger partial charge in [0.05, 0.1) is 27.9 Å². The Kier molecular flexibility index (Phi) is 8.09. The van der Waals surface area contributed by atoms with E-state index in [9.17, 15) is 4.79 Å². The van der Waals surface area contributed by atoms with Crippen molar-refractivity contribution in [1.29, 1.82) is 0 Å². The second-order valence-corrected chi connectivity index (χ2v) is 4.91. The molecular weight excluding hydrogens is 330 g/mol. The van der Waals surface area contributed by atoms with E-state index >= 15 is 0 Å². The molecule has 0 bridgehead atoms. The topological polar surface area (TPSA) is 56.8 Å². The van der Waals surface area contributed by atoms with Crippen LogP contribution >= 0.6 is 12.4 Å². The first-order chi connectivity index (χ1) is 11.2. The number of carbonyl (C=O) groups excluding carboxylic acids is 1. The van der Waals surface area contributed by atoms with Gasteiger partial charge in [-0.05, 0) is 24.3 Å². The molecule has 0 radical (unpaired) electrons. The number of rotatable bonds is 8. The molecule has 24 heavy (non-hydrogen) atoms. The van der Waals surface area contributed by atoms with Gasteiger partial charge in [-0.2, -0.15) is 0 Å². The Morgan fingerprint density at radius 2 is 1.58 bits per heavy atom. The van der Waals surface area contributed by atoms with Crippen LogP contribution < -0.4 is 19.5 Å². The van der Waals surface area contributed by atoms with E-state index in [-0.39, 0.29) is 24.7 Å². The summed E-state index contributed by atoms with van der Waals surface area (Å²) >= 11 is 0. The molecule has 2 aromatic rings. The SMILES string of the molecule is COc1ccccc1CNCC(=O)c1ccc(OC)c(OC)c1.Cl. The molecule has 5 nitrogen and oxygen atoms in total. The van der Waals surface area contributed by atoms with Gasteiger partial charge in [-0.15, -0.1) is 12.4 Å². The summed E-state index contributed by atoms with van der Waals surface area (Å²) in [6.45, 7) is 0.788. The van der Waals surface area contributed by atoms with Gasteiger partial charge in [-0.1, -0.05) is 18.2 Å². The molecule has 6 heteroatoms. The van der Waals surface area contributed by atoms with Gasteiger partial charge in [0, 0.05) is 17.7 Å². The Hall–Kier alpha value is -2.24. The Morgan fingerprint density at radius 1 is 0.917 bits per heavy atom. The molecule has 130 valence electrons. The summed E-state index contributed by atoms with van der Waals surface area (Å²) in [7, 11) is 4.74. The molecule has 0 spiro atoms. The van der Waals surface area contributed by atoms with Crippen molar-refractivity contribution in [3.05, 3.63) is 53.6 Å². The fraction of sp³-hybridized carbons (Fsp3) is 0.278. The Balaban J connectivity index is 0.00000288. The first kappa shape index (κ1) is 19.8. The van der Waals surface area contributed by atoms with Crippen LogP contribution in [0.5, 0.6) is 17.2 Å². The highest BCUT2D eigenvalue weighted by Gasteiger charge is 2.11. The monoisotopic (exact) mass is 351 g/mol. The molecule has 0 saturated heterocycles. The van der Waals surface area contributed by atoms with Crippen LogP contribution in [0.1, 0.15) is 15.9 Å². The highest BCUT2D eigenvalue weighted by molar-refractivity contribution is 5.98. The second-order valence-electron chi connectivity index (χ2n) is 4.91. The summed E-state index contributed by atoms with van der Waals surface area (Å²) in [4.78, 5) is 12.3. The lowest BCUT2D eigenvalue weighted by molar-refractivity contribution is 0.0990. The van der Waals surface area contributed by atoms with Crippen LogP contribution in [0, 0.1) is 0 Å². The molecule has 2 aromatic carbocycles.